The van der Waals surface area contributed by atoms with Gasteiger partial charge >= 0.3 is 0 Å². The number of rotatable bonds is 6. The van der Waals surface area contributed by atoms with Crippen LogP contribution in [0.2, 0.25) is 0 Å². The number of carbonyl (C=O) groups is 2. The van der Waals surface area contributed by atoms with Gasteiger partial charge in [0.2, 0.25) is 5.91 Å². The predicted octanol–water partition coefficient (Wildman–Crippen LogP) is 4.15. The minimum absolute atomic E-state index is 0.207. The summed E-state index contributed by atoms with van der Waals surface area (Å²) in [5.41, 5.74) is 8.61. The zero-order valence-electron chi connectivity index (χ0n) is 16.7. The number of hydrogen-bond donors (Lipinski definition) is 3. The highest BCUT2D eigenvalue weighted by atomic mass is 19.1. The van der Waals surface area contributed by atoms with Crippen LogP contribution in [0, 0.1) is 5.82 Å². The van der Waals surface area contributed by atoms with E-state index in [4.69, 9.17) is 0 Å². The van der Waals surface area contributed by atoms with E-state index in [1.54, 1.807) is 36.5 Å². The monoisotopic (exact) mass is 416 g/mol. The molecule has 0 spiro atoms. The van der Waals surface area contributed by atoms with Gasteiger partial charge in [-0.05, 0) is 60.9 Å². The van der Waals surface area contributed by atoms with Gasteiger partial charge in [-0.25, -0.2) is 4.39 Å². The van der Waals surface area contributed by atoms with Crippen LogP contribution in [0.5, 0.6) is 0 Å². The van der Waals surface area contributed by atoms with Crippen molar-refractivity contribution in [1.82, 2.24) is 20.8 Å². The number of H-pyrrole nitrogens is 1. The third-order valence-electron chi connectivity index (χ3n) is 4.97. The van der Waals surface area contributed by atoms with Gasteiger partial charge in [0.1, 0.15) is 5.82 Å². The van der Waals surface area contributed by atoms with Gasteiger partial charge in [-0.1, -0.05) is 24.3 Å². The molecule has 31 heavy (non-hydrogen) atoms. The molecule has 3 N–H and O–H groups in total. The highest BCUT2D eigenvalue weighted by Gasteiger charge is 2.15. The van der Waals surface area contributed by atoms with E-state index >= 15 is 0 Å². The summed E-state index contributed by atoms with van der Waals surface area (Å²) in [6.07, 6.45) is 2.98. The largest absolute Gasteiger partial charge is 0.353 e. The molecule has 0 aliphatic heterocycles. The van der Waals surface area contributed by atoms with E-state index < -0.39 is 0 Å². The fourth-order valence-corrected chi connectivity index (χ4v) is 3.49. The Balaban J connectivity index is 1.42. The molecule has 156 valence electrons. The van der Waals surface area contributed by atoms with Crippen LogP contribution >= 0.6 is 0 Å². The molecular formula is C24H21FN4O2. The smallest absolute Gasteiger partial charge is 0.269 e. The minimum atomic E-state index is -0.376. The van der Waals surface area contributed by atoms with Crippen molar-refractivity contribution in [3.63, 3.8) is 0 Å². The molecule has 2 aromatic carbocycles. The third kappa shape index (κ3) is 4.78. The van der Waals surface area contributed by atoms with E-state index in [0.29, 0.717) is 18.4 Å². The number of hydrogen-bond acceptors (Lipinski definition) is 3. The van der Waals surface area contributed by atoms with Crippen molar-refractivity contribution in [2.45, 2.75) is 19.3 Å². The molecule has 4 aromatic rings. The molecule has 2 heterocycles. The topological polar surface area (TPSA) is 86.9 Å². The second kappa shape index (κ2) is 9.21. The van der Waals surface area contributed by atoms with Crippen LogP contribution in [-0.2, 0) is 11.2 Å². The van der Waals surface area contributed by atoms with Gasteiger partial charge in [0, 0.05) is 29.1 Å². The first-order chi connectivity index (χ1) is 15.1. The van der Waals surface area contributed by atoms with Crippen LogP contribution in [0.15, 0.2) is 72.9 Å². The first-order valence-electron chi connectivity index (χ1n) is 9.97. The van der Waals surface area contributed by atoms with Crippen LogP contribution in [0.3, 0.4) is 0 Å². The van der Waals surface area contributed by atoms with Gasteiger partial charge in [0.15, 0.2) is 0 Å². The summed E-state index contributed by atoms with van der Waals surface area (Å²) in [6.45, 7) is 0. The Morgan fingerprint density at radius 3 is 2.55 bits per heavy atom. The summed E-state index contributed by atoms with van der Waals surface area (Å²) in [7, 11) is 0. The number of pyridine rings is 1. The van der Waals surface area contributed by atoms with Crippen molar-refractivity contribution in [2.75, 3.05) is 0 Å². The molecule has 0 radical (unpaired) electrons. The third-order valence-corrected chi connectivity index (χ3v) is 4.97. The Kier molecular flexibility index (Phi) is 6.03. The molecular weight excluding hydrogens is 395 g/mol. The Morgan fingerprint density at radius 1 is 0.968 bits per heavy atom. The Bertz CT molecular complexity index is 1210. The molecule has 2 aromatic heterocycles. The molecule has 6 nitrogen and oxygen atoms in total. The van der Waals surface area contributed by atoms with E-state index in [-0.39, 0.29) is 24.1 Å². The maximum atomic E-state index is 13.9. The van der Waals surface area contributed by atoms with E-state index in [9.17, 15) is 14.0 Å². The number of aryl methyl sites for hydroxylation is 1. The molecule has 0 atom stereocenters. The molecule has 0 unspecified atom stereocenters. The molecule has 0 fully saturated rings. The average molecular weight is 416 g/mol. The van der Waals surface area contributed by atoms with Gasteiger partial charge in [-0.2, -0.15) is 0 Å². The van der Waals surface area contributed by atoms with Crippen molar-refractivity contribution < 1.29 is 14.0 Å². The highest BCUT2D eigenvalue weighted by Crippen LogP contribution is 2.31. The number of halogens is 1. The molecule has 2 amide bonds. The molecule has 0 saturated heterocycles. The number of fused-ring (bicyclic) bond motifs is 1. The number of nitrogens with zero attached hydrogens (tertiary/aromatic N) is 1. The predicted molar refractivity (Wildman–Crippen MR) is 116 cm³/mol. The second-order valence-corrected chi connectivity index (χ2v) is 7.11. The van der Waals surface area contributed by atoms with E-state index in [1.165, 1.54) is 12.1 Å². The van der Waals surface area contributed by atoms with Crippen molar-refractivity contribution in [1.29, 1.82) is 0 Å². The van der Waals surface area contributed by atoms with Crippen LogP contribution in [0.4, 0.5) is 4.39 Å². The summed E-state index contributed by atoms with van der Waals surface area (Å²) in [4.78, 5) is 31.9. The number of aromatic amines is 1. The minimum Gasteiger partial charge on any atom is -0.353 e. The van der Waals surface area contributed by atoms with E-state index in [1.807, 2.05) is 24.3 Å². The molecule has 7 heteroatoms. The number of benzene rings is 2. The quantitative estimate of drug-likeness (QED) is 0.413. The van der Waals surface area contributed by atoms with Gasteiger partial charge in [0.05, 0.1) is 11.4 Å². The normalized spacial score (nSPS) is 10.7. The molecule has 4 rings (SSSR count). The highest BCUT2D eigenvalue weighted by molar-refractivity contribution is 5.95. The van der Waals surface area contributed by atoms with Crippen molar-refractivity contribution in [3.8, 4) is 11.4 Å². The lowest BCUT2D eigenvalue weighted by molar-refractivity contribution is -0.121. The standard InChI is InChI=1S/C24H21FN4O2/c25-17-12-13-20-19(15-17)18(23(27-20)21-10-4-5-14-26-21)9-6-11-22(30)28-29-24(31)16-7-2-1-3-8-16/h1-5,7-8,10,12-15,27H,6,9,11H2,(H,28,30)(H,29,31). The van der Waals surface area contributed by atoms with Crippen molar-refractivity contribution in [3.05, 3.63) is 89.9 Å². The van der Waals surface area contributed by atoms with Gasteiger partial charge in [0.25, 0.3) is 5.91 Å². The van der Waals surface area contributed by atoms with Crippen molar-refractivity contribution in [2.24, 2.45) is 0 Å². The van der Waals surface area contributed by atoms with Gasteiger partial charge < -0.3 is 4.98 Å². The number of hydrazine groups is 1. The first-order valence-corrected chi connectivity index (χ1v) is 9.97. The first kappa shape index (κ1) is 20.3. The van der Waals surface area contributed by atoms with Crippen molar-refractivity contribution >= 4 is 22.7 Å². The van der Waals surface area contributed by atoms with Crippen LogP contribution in [0.1, 0.15) is 28.8 Å². The number of carbonyl (C=O) groups excluding carboxylic acids is 2. The number of aromatic nitrogens is 2. The lowest BCUT2D eigenvalue weighted by Gasteiger charge is -2.08. The zero-order valence-corrected chi connectivity index (χ0v) is 16.7. The Morgan fingerprint density at radius 2 is 1.77 bits per heavy atom. The van der Waals surface area contributed by atoms with E-state index in [0.717, 1.165) is 27.9 Å². The number of amides is 2. The maximum absolute atomic E-state index is 13.9. The second-order valence-electron chi connectivity index (χ2n) is 7.11. The Labute approximate surface area is 178 Å². The SMILES string of the molecule is O=C(CCCc1c(-c2ccccn2)[nH]c2ccc(F)cc12)NNC(=O)c1ccccc1. The summed E-state index contributed by atoms with van der Waals surface area (Å²) < 4.78 is 13.9. The molecule has 0 aliphatic rings. The molecule has 0 aliphatic carbocycles. The molecule has 0 saturated carbocycles. The molecule has 0 bridgehead atoms. The van der Waals surface area contributed by atoms with E-state index in [2.05, 4.69) is 20.8 Å². The van der Waals surface area contributed by atoms with Gasteiger partial charge in [-0.3, -0.25) is 25.4 Å². The summed E-state index contributed by atoms with van der Waals surface area (Å²) in [6, 6.07) is 18.9. The van der Waals surface area contributed by atoms with Crippen LogP contribution in [-0.4, -0.2) is 21.8 Å². The average Bonchev–Trinajstić information content (AvgIpc) is 3.16. The fraction of sp³-hybridized carbons (Fsp3) is 0.125. The fourth-order valence-electron chi connectivity index (χ4n) is 3.49. The lowest BCUT2D eigenvalue weighted by atomic mass is 10.0. The van der Waals surface area contributed by atoms with Crippen LogP contribution in [0.25, 0.3) is 22.3 Å². The summed E-state index contributed by atoms with van der Waals surface area (Å²) >= 11 is 0. The number of nitrogens with one attached hydrogen (secondary N) is 3. The van der Waals surface area contributed by atoms with Gasteiger partial charge in [-0.15, -0.1) is 0 Å². The summed E-state index contributed by atoms with van der Waals surface area (Å²) in [5.74, 6) is -0.991. The Hall–Kier alpha value is -4.00. The van der Waals surface area contributed by atoms with Crippen LogP contribution < -0.4 is 10.9 Å². The lowest BCUT2D eigenvalue weighted by Crippen LogP contribution is -2.41. The summed E-state index contributed by atoms with van der Waals surface area (Å²) in [5, 5.41) is 0.776. The zero-order chi connectivity index (χ0) is 21.6. The maximum Gasteiger partial charge on any atom is 0.269 e.